The zero-order chi connectivity index (χ0) is 16.1. The van der Waals surface area contributed by atoms with E-state index >= 15 is 0 Å². The predicted octanol–water partition coefficient (Wildman–Crippen LogP) is 3.05. The first-order valence-electron chi connectivity index (χ1n) is 7.45. The largest absolute Gasteiger partial charge is 0.506 e. The first kappa shape index (κ1) is 14.7. The van der Waals surface area contributed by atoms with Gasteiger partial charge in [0.25, 0.3) is 0 Å². The normalized spacial score (nSPS) is 18.4. The van der Waals surface area contributed by atoms with E-state index in [1.165, 1.54) is 0 Å². The maximum atomic E-state index is 12.3. The van der Waals surface area contributed by atoms with Crippen LogP contribution in [-0.4, -0.2) is 37.8 Å². The lowest BCUT2D eigenvalue weighted by atomic mass is 10.2. The minimum absolute atomic E-state index is 0.162. The molecule has 0 saturated heterocycles. The topological polar surface area (TPSA) is 67.6 Å². The van der Waals surface area contributed by atoms with Crippen LogP contribution in [0.3, 0.4) is 0 Å². The molecule has 1 aliphatic heterocycles. The third-order valence-electron chi connectivity index (χ3n) is 3.82. The van der Waals surface area contributed by atoms with Crippen molar-refractivity contribution in [2.75, 3.05) is 6.54 Å². The molecule has 1 atom stereocenters. The monoisotopic (exact) mass is 303 g/mol. The summed E-state index contributed by atoms with van der Waals surface area (Å²) in [4.78, 5) is 18.5. The van der Waals surface area contributed by atoms with Crippen LogP contribution >= 0.6 is 0 Å². The first-order chi connectivity index (χ1) is 10.3. The molecule has 0 saturated carbocycles. The number of carbonyl (C=O) groups excluding carboxylic acids is 1. The summed E-state index contributed by atoms with van der Waals surface area (Å²) in [6, 6.07) is 5.16. The lowest BCUT2D eigenvalue weighted by Crippen LogP contribution is -2.43. The highest BCUT2D eigenvalue weighted by Crippen LogP contribution is 2.32. The van der Waals surface area contributed by atoms with Crippen LogP contribution in [0, 0.1) is 0 Å². The summed E-state index contributed by atoms with van der Waals surface area (Å²) in [6.45, 7) is 8.69. The molecule has 0 spiro atoms. The minimum Gasteiger partial charge on any atom is -0.506 e. The van der Waals surface area contributed by atoms with E-state index in [1.807, 2.05) is 33.8 Å². The number of imidazole rings is 1. The van der Waals surface area contributed by atoms with E-state index in [4.69, 9.17) is 4.74 Å². The molecule has 1 aliphatic rings. The average Bonchev–Trinajstić information content (AvgIpc) is 2.78. The number of ether oxygens (including phenoxy) is 1. The van der Waals surface area contributed by atoms with Crippen molar-refractivity contribution in [2.24, 2.45) is 0 Å². The van der Waals surface area contributed by atoms with E-state index in [1.54, 1.807) is 17.0 Å². The number of benzene rings is 1. The highest BCUT2D eigenvalue weighted by molar-refractivity contribution is 5.82. The zero-order valence-corrected chi connectivity index (χ0v) is 13.3. The van der Waals surface area contributed by atoms with Gasteiger partial charge in [0.15, 0.2) is 0 Å². The number of carbonyl (C=O) groups is 1. The van der Waals surface area contributed by atoms with E-state index < -0.39 is 5.60 Å². The minimum atomic E-state index is -0.521. The standard InChI is InChI=1S/C16H21N3O3/c1-10-14-17-13-11(6-5-7-12(13)20)19(14)9-8-18(10)15(21)22-16(2,3)4/h5-7,10,20H,8-9H2,1-4H3/t10-/m0/s1. The Labute approximate surface area is 129 Å². The first-order valence-corrected chi connectivity index (χ1v) is 7.45. The van der Waals surface area contributed by atoms with Gasteiger partial charge in [0.2, 0.25) is 0 Å². The van der Waals surface area contributed by atoms with Crippen LogP contribution in [0.15, 0.2) is 18.2 Å². The molecule has 22 heavy (non-hydrogen) atoms. The molecule has 2 heterocycles. The van der Waals surface area contributed by atoms with Crippen molar-refractivity contribution in [2.45, 2.75) is 45.9 Å². The molecule has 0 unspecified atom stereocenters. The van der Waals surface area contributed by atoms with Gasteiger partial charge in [-0.3, -0.25) is 4.90 Å². The molecule has 1 aromatic heterocycles. The molecule has 1 amide bonds. The van der Waals surface area contributed by atoms with Gasteiger partial charge in [-0.25, -0.2) is 9.78 Å². The van der Waals surface area contributed by atoms with Crippen molar-refractivity contribution in [3.8, 4) is 5.75 Å². The van der Waals surface area contributed by atoms with Gasteiger partial charge in [0.05, 0.1) is 11.6 Å². The summed E-state index contributed by atoms with van der Waals surface area (Å²) in [5.41, 5.74) is 0.952. The second-order valence-electron chi connectivity index (χ2n) is 6.62. The Morgan fingerprint density at radius 1 is 1.36 bits per heavy atom. The van der Waals surface area contributed by atoms with Gasteiger partial charge in [-0.05, 0) is 39.8 Å². The maximum Gasteiger partial charge on any atom is 0.410 e. The number of para-hydroxylation sites is 1. The Morgan fingerprint density at radius 2 is 2.09 bits per heavy atom. The van der Waals surface area contributed by atoms with Crippen LogP contribution in [0.2, 0.25) is 0 Å². The molecule has 0 fully saturated rings. The summed E-state index contributed by atoms with van der Waals surface area (Å²) < 4.78 is 7.52. The number of aromatic hydroxyl groups is 1. The Bertz CT molecular complexity index is 730. The number of aromatic nitrogens is 2. The van der Waals surface area contributed by atoms with Crippen molar-refractivity contribution in [3.63, 3.8) is 0 Å². The van der Waals surface area contributed by atoms with Gasteiger partial charge in [-0.2, -0.15) is 0 Å². The van der Waals surface area contributed by atoms with Gasteiger partial charge < -0.3 is 14.4 Å². The molecule has 3 rings (SSSR count). The van der Waals surface area contributed by atoms with Gasteiger partial charge in [0, 0.05) is 13.1 Å². The smallest absolute Gasteiger partial charge is 0.410 e. The second-order valence-corrected chi connectivity index (χ2v) is 6.62. The predicted molar refractivity (Wildman–Crippen MR) is 82.8 cm³/mol. The highest BCUT2D eigenvalue weighted by Gasteiger charge is 2.33. The Kier molecular flexibility index (Phi) is 3.27. The fraction of sp³-hybridized carbons (Fsp3) is 0.500. The molecule has 0 bridgehead atoms. The van der Waals surface area contributed by atoms with Crippen LogP contribution < -0.4 is 0 Å². The Morgan fingerprint density at radius 3 is 2.77 bits per heavy atom. The van der Waals surface area contributed by atoms with Gasteiger partial charge in [0.1, 0.15) is 22.7 Å². The van der Waals surface area contributed by atoms with Crippen molar-refractivity contribution in [1.82, 2.24) is 14.5 Å². The number of amides is 1. The van der Waals surface area contributed by atoms with E-state index in [-0.39, 0.29) is 17.9 Å². The molecule has 1 N–H and O–H groups in total. The fourth-order valence-electron chi connectivity index (χ4n) is 2.81. The van der Waals surface area contributed by atoms with E-state index in [0.29, 0.717) is 18.6 Å². The zero-order valence-electron chi connectivity index (χ0n) is 13.3. The van der Waals surface area contributed by atoms with Crippen LogP contribution in [-0.2, 0) is 11.3 Å². The third-order valence-corrected chi connectivity index (χ3v) is 3.82. The summed E-state index contributed by atoms with van der Waals surface area (Å²) in [5, 5.41) is 9.95. The quantitative estimate of drug-likeness (QED) is 0.812. The molecule has 6 nitrogen and oxygen atoms in total. The highest BCUT2D eigenvalue weighted by atomic mass is 16.6. The van der Waals surface area contributed by atoms with E-state index in [0.717, 1.165) is 11.3 Å². The summed E-state index contributed by atoms with van der Waals surface area (Å²) in [5.74, 6) is 0.934. The van der Waals surface area contributed by atoms with Crippen LogP contribution in [0.1, 0.15) is 39.6 Å². The molecule has 0 radical (unpaired) electrons. The maximum absolute atomic E-state index is 12.3. The lowest BCUT2D eigenvalue weighted by Gasteiger charge is -2.35. The van der Waals surface area contributed by atoms with E-state index in [9.17, 15) is 9.90 Å². The number of rotatable bonds is 0. The number of fused-ring (bicyclic) bond motifs is 3. The Balaban J connectivity index is 1.96. The number of hydrogen-bond donors (Lipinski definition) is 1. The average molecular weight is 303 g/mol. The summed E-state index contributed by atoms with van der Waals surface area (Å²) in [7, 11) is 0. The molecule has 6 heteroatoms. The fourth-order valence-corrected chi connectivity index (χ4v) is 2.81. The summed E-state index contributed by atoms with van der Waals surface area (Å²) in [6.07, 6.45) is -0.331. The number of phenols is 1. The Hall–Kier alpha value is -2.24. The van der Waals surface area contributed by atoms with Crippen LogP contribution in [0.4, 0.5) is 4.79 Å². The molecule has 118 valence electrons. The lowest BCUT2D eigenvalue weighted by molar-refractivity contribution is 0.0123. The summed E-state index contributed by atoms with van der Waals surface area (Å²) >= 11 is 0. The van der Waals surface area contributed by atoms with Crippen molar-refractivity contribution >= 4 is 17.1 Å². The second kappa shape index (κ2) is 4.90. The van der Waals surface area contributed by atoms with Gasteiger partial charge >= 0.3 is 6.09 Å². The molecule has 0 aliphatic carbocycles. The van der Waals surface area contributed by atoms with Crippen molar-refractivity contribution in [3.05, 3.63) is 24.0 Å². The number of hydrogen-bond acceptors (Lipinski definition) is 4. The third kappa shape index (κ3) is 2.38. The SMILES string of the molecule is C[C@H]1c2nc3c(O)cccc3n2CCN1C(=O)OC(C)(C)C. The van der Waals surface area contributed by atoms with Gasteiger partial charge in [-0.15, -0.1) is 0 Å². The number of phenolic OH excluding ortho intramolecular Hbond substituents is 1. The van der Waals surface area contributed by atoms with Crippen LogP contribution in [0.5, 0.6) is 5.75 Å². The van der Waals surface area contributed by atoms with E-state index in [2.05, 4.69) is 9.55 Å². The molecule has 2 aromatic rings. The van der Waals surface area contributed by atoms with Crippen LogP contribution in [0.25, 0.3) is 11.0 Å². The van der Waals surface area contributed by atoms with Crippen molar-refractivity contribution < 1.29 is 14.6 Å². The molecular formula is C16H21N3O3. The molecular weight excluding hydrogens is 282 g/mol. The number of nitrogens with zero attached hydrogens (tertiary/aromatic N) is 3. The van der Waals surface area contributed by atoms with Crippen molar-refractivity contribution in [1.29, 1.82) is 0 Å². The molecule has 1 aromatic carbocycles. The van der Waals surface area contributed by atoms with Gasteiger partial charge in [-0.1, -0.05) is 6.07 Å².